The fraction of sp³-hybridized carbons (Fsp3) is 0.429. The van der Waals surface area contributed by atoms with Gasteiger partial charge in [0.1, 0.15) is 17.3 Å². The lowest BCUT2D eigenvalue weighted by molar-refractivity contribution is -0.134. The minimum Gasteiger partial charge on any atom is -0.484 e. The summed E-state index contributed by atoms with van der Waals surface area (Å²) in [6.45, 7) is 2.69. The minimum absolute atomic E-state index is 0.0292. The third kappa shape index (κ3) is 3.75. The Morgan fingerprint density at radius 1 is 1.35 bits per heavy atom. The molecular formula is C21H22N2O3. The lowest BCUT2D eigenvalue weighted by Crippen LogP contribution is -2.36. The van der Waals surface area contributed by atoms with Crippen LogP contribution < -0.4 is 4.74 Å². The standard InChI is InChI=1S/C21H22N2O3/c1-14-9-19(14)20-8-7-18(26-20)12-23(16-5-6-16)21(24)13-25-17-4-2-3-15(10-17)11-22/h2-4,7-8,10,14,16,19H,5-6,9,12-13H2,1H3/t14-,19+/m0/s1. The quantitative estimate of drug-likeness (QED) is 0.761. The van der Waals surface area contributed by atoms with Crippen LogP contribution in [0.4, 0.5) is 0 Å². The monoisotopic (exact) mass is 350 g/mol. The summed E-state index contributed by atoms with van der Waals surface area (Å²) in [7, 11) is 0. The largest absolute Gasteiger partial charge is 0.484 e. The summed E-state index contributed by atoms with van der Waals surface area (Å²) in [5.74, 6) is 3.62. The van der Waals surface area contributed by atoms with Crippen LogP contribution in [0.25, 0.3) is 0 Å². The maximum Gasteiger partial charge on any atom is 0.261 e. The van der Waals surface area contributed by atoms with Gasteiger partial charge >= 0.3 is 0 Å². The van der Waals surface area contributed by atoms with Gasteiger partial charge in [-0.05, 0) is 55.5 Å². The molecule has 5 heteroatoms. The van der Waals surface area contributed by atoms with Crippen molar-refractivity contribution in [3.05, 3.63) is 53.5 Å². The molecule has 0 unspecified atom stereocenters. The fourth-order valence-electron chi connectivity index (χ4n) is 3.26. The van der Waals surface area contributed by atoms with Gasteiger partial charge in [-0.1, -0.05) is 13.0 Å². The number of benzene rings is 1. The molecule has 2 fully saturated rings. The van der Waals surface area contributed by atoms with Crippen LogP contribution in [0, 0.1) is 17.2 Å². The first kappa shape index (κ1) is 16.7. The van der Waals surface area contributed by atoms with Crippen molar-refractivity contribution >= 4 is 5.91 Å². The number of amides is 1. The number of furan rings is 1. The molecule has 2 saturated carbocycles. The Hall–Kier alpha value is -2.74. The van der Waals surface area contributed by atoms with E-state index in [0.29, 0.717) is 29.7 Å². The van der Waals surface area contributed by atoms with Crippen molar-refractivity contribution in [1.29, 1.82) is 5.26 Å². The van der Waals surface area contributed by atoms with Crippen LogP contribution in [0.3, 0.4) is 0 Å². The Labute approximate surface area is 153 Å². The van der Waals surface area contributed by atoms with E-state index in [9.17, 15) is 4.79 Å². The maximum atomic E-state index is 12.7. The molecule has 2 atom stereocenters. The molecule has 134 valence electrons. The molecule has 0 aliphatic heterocycles. The number of nitrogens with zero attached hydrogens (tertiary/aromatic N) is 2. The second kappa shape index (κ2) is 6.87. The van der Waals surface area contributed by atoms with Crippen LogP contribution >= 0.6 is 0 Å². The summed E-state index contributed by atoms with van der Waals surface area (Å²) in [5.41, 5.74) is 0.520. The van der Waals surface area contributed by atoms with E-state index in [0.717, 1.165) is 24.4 Å². The Balaban J connectivity index is 1.37. The van der Waals surface area contributed by atoms with Gasteiger partial charge in [-0.15, -0.1) is 0 Å². The molecule has 0 saturated heterocycles. The highest BCUT2D eigenvalue weighted by atomic mass is 16.5. The maximum absolute atomic E-state index is 12.7. The van der Waals surface area contributed by atoms with Crippen LogP contribution in [0.1, 0.15) is 49.2 Å². The molecule has 26 heavy (non-hydrogen) atoms. The second-order valence-corrected chi connectivity index (χ2v) is 7.30. The third-order valence-electron chi connectivity index (χ3n) is 5.12. The average Bonchev–Trinajstić information content (AvgIpc) is 3.58. The van der Waals surface area contributed by atoms with Gasteiger partial charge in [-0.2, -0.15) is 5.26 Å². The number of rotatable bonds is 7. The van der Waals surface area contributed by atoms with E-state index in [1.54, 1.807) is 24.3 Å². The zero-order chi connectivity index (χ0) is 18.1. The van der Waals surface area contributed by atoms with E-state index in [-0.39, 0.29) is 18.6 Å². The molecular weight excluding hydrogens is 328 g/mol. The topological polar surface area (TPSA) is 66.5 Å². The van der Waals surface area contributed by atoms with E-state index in [4.69, 9.17) is 14.4 Å². The number of hydrogen-bond acceptors (Lipinski definition) is 4. The molecule has 1 aromatic heterocycles. The Kier molecular flexibility index (Phi) is 4.42. The molecule has 2 aromatic rings. The molecule has 0 radical (unpaired) electrons. The van der Waals surface area contributed by atoms with Gasteiger partial charge in [0.15, 0.2) is 6.61 Å². The predicted octanol–water partition coefficient (Wildman–Crippen LogP) is 3.84. The highest BCUT2D eigenvalue weighted by Crippen LogP contribution is 2.47. The number of carbonyl (C=O) groups excluding carboxylic acids is 1. The van der Waals surface area contributed by atoms with Crippen LogP contribution in [0.5, 0.6) is 5.75 Å². The summed E-state index contributed by atoms with van der Waals surface area (Å²) in [6.07, 6.45) is 3.25. The second-order valence-electron chi connectivity index (χ2n) is 7.30. The van der Waals surface area contributed by atoms with E-state index >= 15 is 0 Å². The van der Waals surface area contributed by atoms with E-state index < -0.39 is 0 Å². The van der Waals surface area contributed by atoms with Crippen molar-refractivity contribution in [1.82, 2.24) is 4.90 Å². The van der Waals surface area contributed by atoms with Crippen LogP contribution in [-0.2, 0) is 11.3 Å². The first-order valence-electron chi connectivity index (χ1n) is 9.15. The molecule has 1 heterocycles. The van der Waals surface area contributed by atoms with Gasteiger partial charge in [0.25, 0.3) is 5.91 Å². The SMILES string of the molecule is C[C@H]1C[C@H]1c1ccc(CN(C(=O)COc2cccc(C#N)c2)C2CC2)o1. The number of carbonyl (C=O) groups is 1. The lowest BCUT2D eigenvalue weighted by Gasteiger charge is -2.21. The van der Waals surface area contributed by atoms with Gasteiger partial charge in [0.2, 0.25) is 0 Å². The Bertz CT molecular complexity index is 847. The normalized spacial score (nSPS) is 21.1. The summed E-state index contributed by atoms with van der Waals surface area (Å²) < 4.78 is 11.6. The van der Waals surface area contributed by atoms with Crippen molar-refractivity contribution in [2.75, 3.05) is 6.61 Å². The van der Waals surface area contributed by atoms with Gasteiger partial charge in [0.05, 0.1) is 18.2 Å². The van der Waals surface area contributed by atoms with Crippen molar-refractivity contribution in [2.24, 2.45) is 5.92 Å². The zero-order valence-electron chi connectivity index (χ0n) is 14.9. The summed E-state index contributed by atoms with van der Waals surface area (Å²) in [4.78, 5) is 14.5. The highest BCUT2D eigenvalue weighted by molar-refractivity contribution is 5.78. The molecule has 0 bridgehead atoms. The molecule has 0 spiro atoms. The van der Waals surface area contributed by atoms with Crippen LogP contribution in [0.2, 0.25) is 0 Å². The Morgan fingerprint density at radius 3 is 2.85 bits per heavy atom. The van der Waals surface area contributed by atoms with Crippen molar-refractivity contribution in [3.63, 3.8) is 0 Å². The van der Waals surface area contributed by atoms with Crippen molar-refractivity contribution in [2.45, 2.75) is 44.7 Å². The summed E-state index contributed by atoms with van der Waals surface area (Å²) in [6, 6.07) is 13.2. The first-order valence-corrected chi connectivity index (χ1v) is 9.15. The van der Waals surface area contributed by atoms with Crippen LogP contribution in [0.15, 0.2) is 40.8 Å². The lowest BCUT2D eigenvalue weighted by atomic mass is 10.2. The number of hydrogen-bond donors (Lipinski definition) is 0. The third-order valence-corrected chi connectivity index (χ3v) is 5.12. The molecule has 5 nitrogen and oxygen atoms in total. The van der Waals surface area contributed by atoms with Gasteiger partial charge in [0, 0.05) is 12.0 Å². The minimum atomic E-state index is -0.0485. The Morgan fingerprint density at radius 2 is 2.15 bits per heavy atom. The number of ether oxygens (including phenoxy) is 1. The summed E-state index contributed by atoms with van der Waals surface area (Å²) in [5, 5.41) is 8.94. The highest BCUT2D eigenvalue weighted by Gasteiger charge is 2.37. The van der Waals surface area contributed by atoms with Gasteiger partial charge < -0.3 is 14.1 Å². The number of nitriles is 1. The predicted molar refractivity (Wildman–Crippen MR) is 95.5 cm³/mol. The van der Waals surface area contributed by atoms with Gasteiger partial charge in [-0.25, -0.2) is 0 Å². The molecule has 1 amide bonds. The van der Waals surface area contributed by atoms with Gasteiger partial charge in [-0.3, -0.25) is 4.79 Å². The molecule has 2 aliphatic rings. The van der Waals surface area contributed by atoms with E-state index in [2.05, 4.69) is 13.0 Å². The van der Waals surface area contributed by atoms with E-state index in [1.807, 2.05) is 17.0 Å². The van der Waals surface area contributed by atoms with Crippen molar-refractivity contribution < 1.29 is 13.9 Å². The average molecular weight is 350 g/mol. The molecule has 4 rings (SSSR count). The van der Waals surface area contributed by atoms with E-state index in [1.165, 1.54) is 6.42 Å². The molecule has 2 aliphatic carbocycles. The molecule has 1 aromatic carbocycles. The smallest absolute Gasteiger partial charge is 0.261 e. The molecule has 0 N–H and O–H groups in total. The van der Waals surface area contributed by atoms with Crippen LogP contribution in [-0.4, -0.2) is 23.5 Å². The summed E-state index contributed by atoms with van der Waals surface area (Å²) >= 11 is 0. The zero-order valence-corrected chi connectivity index (χ0v) is 14.9. The fourth-order valence-corrected chi connectivity index (χ4v) is 3.26. The first-order chi connectivity index (χ1) is 12.6. The van der Waals surface area contributed by atoms with Crippen molar-refractivity contribution in [3.8, 4) is 11.8 Å².